The van der Waals surface area contributed by atoms with E-state index in [9.17, 15) is 9.59 Å². The number of carbonyl (C=O) groups is 2. The molecule has 1 unspecified atom stereocenters. The smallest absolute Gasteiger partial charge is 0.319 e. The summed E-state index contributed by atoms with van der Waals surface area (Å²) in [5.74, 6) is -0.964. The van der Waals surface area contributed by atoms with Crippen LogP contribution in [0.2, 0.25) is 0 Å². The van der Waals surface area contributed by atoms with Crippen molar-refractivity contribution in [2.24, 2.45) is 0 Å². The fraction of sp³-hybridized carbons (Fsp3) is 0.357. The van der Waals surface area contributed by atoms with E-state index in [4.69, 9.17) is 10.4 Å². The van der Waals surface area contributed by atoms with Gasteiger partial charge in [-0.3, -0.25) is 4.79 Å². The van der Waals surface area contributed by atoms with Gasteiger partial charge in [0.15, 0.2) is 0 Å². The van der Waals surface area contributed by atoms with E-state index in [1.54, 1.807) is 18.2 Å². The van der Waals surface area contributed by atoms with Gasteiger partial charge >= 0.3 is 12.0 Å². The molecule has 3 N–H and O–H groups in total. The van der Waals surface area contributed by atoms with E-state index in [-0.39, 0.29) is 6.42 Å². The van der Waals surface area contributed by atoms with Crippen LogP contribution in [-0.2, 0) is 4.79 Å². The highest BCUT2D eigenvalue weighted by atomic mass is 79.9. The van der Waals surface area contributed by atoms with Gasteiger partial charge in [0.1, 0.15) is 6.07 Å². The Hall–Kier alpha value is -2.07. The summed E-state index contributed by atoms with van der Waals surface area (Å²) in [6.07, 6.45) is 1.20. The summed E-state index contributed by atoms with van der Waals surface area (Å²) < 4.78 is 0.729. The second-order valence-electron chi connectivity index (χ2n) is 4.48. The lowest BCUT2D eigenvalue weighted by molar-refractivity contribution is -0.137. The molecule has 0 saturated heterocycles. The minimum atomic E-state index is -0.964. The number of carboxylic acid groups (broad SMARTS) is 1. The first-order valence-corrected chi connectivity index (χ1v) is 7.24. The molecule has 0 bridgehead atoms. The molecule has 0 heterocycles. The normalized spacial score (nSPS) is 11.3. The Labute approximate surface area is 131 Å². The maximum Gasteiger partial charge on any atom is 0.319 e. The monoisotopic (exact) mass is 353 g/mol. The molecule has 1 rings (SSSR count). The number of halogens is 1. The van der Waals surface area contributed by atoms with Crippen molar-refractivity contribution in [3.8, 4) is 6.07 Å². The zero-order chi connectivity index (χ0) is 15.8. The molecular weight excluding hydrogens is 338 g/mol. The average molecular weight is 354 g/mol. The summed E-state index contributed by atoms with van der Waals surface area (Å²) in [5, 5.41) is 23.0. The number of urea groups is 1. The number of hydrogen-bond donors (Lipinski definition) is 3. The van der Waals surface area contributed by atoms with Gasteiger partial charge < -0.3 is 15.7 Å². The van der Waals surface area contributed by atoms with Crippen molar-refractivity contribution in [2.75, 3.05) is 5.32 Å². The summed E-state index contributed by atoms with van der Waals surface area (Å²) in [5.41, 5.74) is 0.702. The third-order valence-electron chi connectivity index (χ3n) is 2.74. The van der Waals surface area contributed by atoms with Crippen molar-refractivity contribution in [3.05, 3.63) is 28.2 Å². The van der Waals surface area contributed by atoms with E-state index in [1.807, 2.05) is 13.0 Å². The third-order valence-corrected chi connectivity index (χ3v) is 3.24. The lowest BCUT2D eigenvalue weighted by Gasteiger charge is -2.17. The largest absolute Gasteiger partial charge is 0.481 e. The molecule has 7 heteroatoms. The summed E-state index contributed by atoms with van der Waals surface area (Å²) in [6.45, 7) is 1.91. The lowest BCUT2D eigenvalue weighted by Crippen LogP contribution is -2.39. The van der Waals surface area contributed by atoms with Crippen LogP contribution in [0.4, 0.5) is 10.5 Å². The van der Waals surface area contributed by atoms with E-state index in [0.717, 1.165) is 10.9 Å². The van der Waals surface area contributed by atoms with E-state index >= 15 is 0 Å². The fourth-order valence-electron chi connectivity index (χ4n) is 1.85. The zero-order valence-electron chi connectivity index (χ0n) is 11.5. The number of rotatable bonds is 6. The standard InChI is InChI=1S/C14H16BrN3O3/c1-2-3-11(7-13(19)20)17-14(21)18-12-6-10(15)5-4-9(12)8-16/h4-6,11H,2-3,7H2,1H3,(H,19,20)(H2,17,18,21). The van der Waals surface area contributed by atoms with Crippen LogP contribution in [0.1, 0.15) is 31.7 Å². The molecular formula is C14H16BrN3O3. The van der Waals surface area contributed by atoms with Gasteiger partial charge in [-0.05, 0) is 24.6 Å². The number of amides is 2. The van der Waals surface area contributed by atoms with Crippen molar-refractivity contribution in [2.45, 2.75) is 32.2 Å². The number of anilines is 1. The number of hydrogen-bond acceptors (Lipinski definition) is 3. The quantitative estimate of drug-likeness (QED) is 0.730. The number of carboxylic acids is 1. The molecule has 0 aromatic heterocycles. The molecule has 21 heavy (non-hydrogen) atoms. The van der Waals surface area contributed by atoms with Crippen LogP contribution in [-0.4, -0.2) is 23.1 Å². The number of aliphatic carboxylic acids is 1. The highest BCUT2D eigenvalue weighted by molar-refractivity contribution is 9.10. The molecule has 0 aliphatic heterocycles. The fourth-order valence-corrected chi connectivity index (χ4v) is 2.21. The predicted octanol–water partition coefficient (Wildman–Crippen LogP) is 3.09. The molecule has 0 fully saturated rings. The van der Waals surface area contributed by atoms with Crippen LogP contribution in [0.3, 0.4) is 0 Å². The molecule has 112 valence electrons. The first-order valence-electron chi connectivity index (χ1n) is 6.45. The predicted molar refractivity (Wildman–Crippen MR) is 82.0 cm³/mol. The topological polar surface area (TPSA) is 102 Å². The summed E-state index contributed by atoms with van der Waals surface area (Å²) in [7, 11) is 0. The maximum atomic E-state index is 11.9. The minimum absolute atomic E-state index is 0.134. The highest BCUT2D eigenvalue weighted by Crippen LogP contribution is 2.20. The summed E-state index contributed by atoms with van der Waals surface area (Å²) in [6, 6.07) is 5.92. The Morgan fingerprint density at radius 2 is 2.19 bits per heavy atom. The number of nitrogens with zero attached hydrogens (tertiary/aromatic N) is 1. The van der Waals surface area contributed by atoms with Gasteiger partial charge in [0.25, 0.3) is 0 Å². The Morgan fingerprint density at radius 1 is 1.48 bits per heavy atom. The molecule has 1 aromatic carbocycles. The average Bonchev–Trinajstić information content (AvgIpc) is 2.38. The lowest BCUT2D eigenvalue weighted by atomic mass is 10.1. The highest BCUT2D eigenvalue weighted by Gasteiger charge is 2.16. The van der Waals surface area contributed by atoms with Crippen LogP contribution in [0.15, 0.2) is 22.7 Å². The van der Waals surface area contributed by atoms with Gasteiger partial charge in [-0.1, -0.05) is 29.3 Å². The summed E-state index contributed by atoms with van der Waals surface area (Å²) in [4.78, 5) is 22.7. The second-order valence-corrected chi connectivity index (χ2v) is 5.40. The van der Waals surface area contributed by atoms with Gasteiger partial charge in [-0.15, -0.1) is 0 Å². The van der Waals surface area contributed by atoms with Crippen LogP contribution in [0, 0.1) is 11.3 Å². The zero-order valence-corrected chi connectivity index (χ0v) is 13.1. The van der Waals surface area contributed by atoms with Crippen LogP contribution in [0.25, 0.3) is 0 Å². The molecule has 0 aliphatic rings. The first-order chi connectivity index (χ1) is 9.96. The van der Waals surface area contributed by atoms with Crippen LogP contribution >= 0.6 is 15.9 Å². The Kier molecular flexibility index (Phi) is 6.69. The van der Waals surface area contributed by atoms with E-state index in [2.05, 4.69) is 26.6 Å². The van der Waals surface area contributed by atoms with Crippen LogP contribution < -0.4 is 10.6 Å². The molecule has 0 saturated carbocycles. The van der Waals surface area contributed by atoms with Crippen molar-refractivity contribution < 1.29 is 14.7 Å². The van der Waals surface area contributed by atoms with Gasteiger partial charge in [0.2, 0.25) is 0 Å². The first kappa shape index (κ1) is 17.0. The molecule has 0 radical (unpaired) electrons. The third kappa shape index (κ3) is 5.83. The van der Waals surface area contributed by atoms with Gasteiger partial charge in [0.05, 0.1) is 17.7 Å². The maximum absolute atomic E-state index is 11.9. The van der Waals surface area contributed by atoms with Crippen molar-refractivity contribution in [3.63, 3.8) is 0 Å². The Morgan fingerprint density at radius 3 is 2.76 bits per heavy atom. The summed E-state index contributed by atoms with van der Waals surface area (Å²) >= 11 is 3.27. The SMILES string of the molecule is CCCC(CC(=O)O)NC(=O)Nc1cc(Br)ccc1C#N. The minimum Gasteiger partial charge on any atom is -0.481 e. The molecule has 1 atom stereocenters. The van der Waals surface area contributed by atoms with Gasteiger partial charge in [-0.2, -0.15) is 5.26 Å². The molecule has 6 nitrogen and oxygen atoms in total. The number of benzene rings is 1. The number of carbonyl (C=O) groups excluding carboxylic acids is 1. The van der Waals surface area contributed by atoms with Crippen molar-refractivity contribution in [1.29, 1.82) is 5.26 Å². The van der Waals surface area contributed by atoms with E-state index < -0.39 is 18.0 Å². The number of nitriles is 1. The van der Waals surface area contributed by atoms with Crippen molar-refractivity contribution in [1.82, 2.24) is 5.32 Å². The van der Waals surface area contributed by atoms with Crippen LogP contribution in [0.5, 0.6) is 0 Å². The van der Waals surface area contributed by atoms with E-state index in [0.29, 0.717) is 17.7 Å². The Bertz CT molecular complexity index is 569. The molecule has 0 spiro atoms. The Balaban J connectivity index is 2.74. The van der Waals surface area contributed by atoms with Gasteiger partial charge in [-0.25, -0.2) is 4.79 Å². The molecule has 0 aliphatic carbocycles. The second kappa shape index (κ2) is 8.27. The van der Waals surface area contributed by atoms with Gasteiger partial charge in [0, 0.05) is 10.5 Å². The van der Waals surface area contributed by atoms with E-state index in [1.165, 1.54) is 0 Å². The molecule has 2 amide bonds. The van der Waals surface area contributed by atoms with Crippen molar-refractivity contribution >= 4 is 33.6 Å². The molecule has 1 aromatic rings. The number of nitrogens with one attached hydrogen (secondary N) is 2.